The van der Waals surface area contributed by atoms with E-state index in [-0.39, 0.29) is 5.91 Å². The topological polar surface area (TPSA) is 42.0 Å². The van der Waals surface area contributed by atoms with E-state index in [1.165, 1.54) is 6.08 Å². The van der Waals surface area contributed by atoms with Crippen LogP contribution in [-0.2, 0) is 4.79 Å². The quantitative estimate of drug-likeness (QED) is 0.675. The standard InChI is InChI=1S/C16H16N2OS/c1-3-4-5-9-16(19)18-14-8-6-7-13(10-14)15-11-20-12(2)17-15/h3-11H,1-2H3,(H,18,19)/b4-3+,9-5+. The van der Waals surface area contributed by atoms with Gasteiger partial charge in [-0.25, -0.2) is 4.98 Å². The minimum absolute atomic E-state index is 0.144. The van der Waals surface area contributed by atoms with Crippen molar-refractivity contribution >= 4 is 22.9 Å². The van der Waals surface area contributed by atoms with E-state index in [0.717, 1.165) is 22.0 Å². The van der Waals surface area contributed by atoms with Crippen molar-refractivity contribution < 1.29 is 4.79 Å². The number of hydrogen-bond donors (Lipinski definition) is 1. The first-order valence-corrected chi connectivity index (χ1v) is 7.20. The van der Waals surface area contributed by atoms with E-state index in [1.54, 1.807) is 17.4 Å². The fourth-order valence-electron chi connectivity index (χ4n) is 1.69. The third-order valence-corrected chi connectivity index (χ3v) is 3.37. The Labute approximate surface area is 122 Å². The van der Waals surface area contributed by atoms with Gasteiger partial charge >= 0.3 is 0 Å². The first-order valence-electron chi connectivity index (χ1n) is 6.32. The van der Waals surface area contributed by atoms with Gasteiger partial charge in [0.05, 0.1) is 10.7 Å². The molecule has 0 aliphatic heterocycles. The number of carbonyl (C=O) groups excluding carboxylic acids is 1. The molecule has 4 heteroatoms. The zero-order valence-corrected chi connectivity index (χ0v) is 12.3. The molecule has 2 aromatic rings. The number of benzene rings is 1. The number of nitrogens with zero attached hydrogens (tertiary/aromatic N) is 1. The molecule has 0 unspecified atom stereocenters. The first kappa shape index (κ1) is 14.2. The van der Waals surface area contributed by atoms with Gasteiger partial charge < -0.3 is 5.32 Å². The van der Waals surface area contributed by atoms with Crippen LogP contribution in [0.5, 0.6) is 0 Å². The molecular weight excluding hydrogens is 268 g/mol. The summed E-state index contributed by atoms with van der Waals surface area (Å²) in [7, 11) is 0. The molecule has 1 aromatic carbocycles. The van der Waals surface area contributed by atoms with E-state index in [1.807, 2.05) is 55.6 Å². The van der Waals surface area contributed by atoms with Crippen molar-refractivity contribution in [3.05, 3.63) is 59.0 Å². The SMILES string of the molecule is C/C=C/C=C/C(=O)Nc1cccc(-c2csc(C)n2)c1. The Balaban J connectivity index is 2.12. The van der Waals surface area contributed by atoms with Crippen LogP contribution in [0.25, 0.3) is 11.3 Å². The molecule has 1 aromatic heterocycles. The van der Waals surface area contributed by atoms with Gasteiger partial charge in [0.15, 0.2) is 0 Å². The first-order chi connectivity index (χ1) is 9.69. The molecule has 3 nitrogen and oxygen atoms in total. The van der Waals surface area contributed by atoms with E-state index < -0.39 is 0 Å². The van der Waals surface area contributed by atoms with Gasteiger partial charge in [0, 0.05) is 22.7 Å². The van der Waals surface area contributed by atoms with Crippen LogP contribution >= 0.6 is 11.3 Å². The van der Waals surface area contributed by atoms with Gasteiger partial charge in [-0.05, 0) is 26.0 Å². The van der Waals surface area contributed by atoms with Crippen molar-refractivity contribution in [1.29, 1.82) is 0 Å². The van der Waals surface area contributed by atoms with Gasteiger partial charge in [-0.2, -0.15) is 0 Å². The highest BCUT2D eigenvalue weighted by atomic mass is 32.1. The molecule has 0 atom stereocenters. The van der Waals surface area contributed by atoms with E-state index in [0.29, 0.717) is 0 Å². The Bertz CT molecular complexity index is 656. The van der Waals surface area contributed by atoms with Crippen LogP contribution in [0.2, 0.25) is 0 Å². The second-order valence-electron chi connectivity index (χ2n) is 4.21. The van der Waals surface area contributed by atoms with Crippen molar-refractivity contribution in [1.82, 2.24) is 4.98 Å². The highest BCUT2D eigenvalue weighted by Gasteiger charge is 2.04. The molecule has 20 heavy (non-hydrogen) atoms. The Morgan fingerprint density at radius 1 is 1.35 bits per heavy atom. The Hall–Kier alpha value is -2.20. The summed E-state index contributed by atoms with van der Waals surface area (Å²) >= 11 is 1.62. The molecule has 1 amide bonds. The third kappa shape index (κ3) is 3.90. The fourth-order valence-corrected chi connectivity index (χ4v) is 2.31. The Kier molecular flexibility index (Phi) is 4.85. The molecule has 0 fully saturated rings. The maximum absolute atomic E-state index is 11.7. The summed E-state index contributed by atoms with van der Waals surface area (Å²) in [6.07, 6.45) is 6.89. The molecule has 2 rings (SSSR count). The number of allylic oxidation sites excluding steroid dienone is 3. The van der Waals surface area contributed by atoms with Crippen molar-refractivity contribution in [2.24, 2.45) is 0 Å². The van der Waals surface area contributed by atoms with Crippen LogP contribution in [0.15, 0.2) is 53.9 Å². The van der Waals surface area contributed by atoms with Gasteiger partial charge in [0.2, 0.25) is 5.91 Å². The number of rotatable bonds is 4. The van der Waals surface area contributed by atoms with Gasteiger partial charge in [-0.15, -0.1) is 11.3 Å². The predicted octanol–water partition coefficient (Wildman–Crippen LogP) is 4.19. The molecular formula is C16H16N2OS. The molecule has 1 heterocycles. The van der Waals surface area contributed by atoms with Crippen LogP contribution in [0, 0.1) is 6.92 Å². The number of anilines is 1. The number of nitrogens with one attached hydrogen (secondary N) is 1. The largest absolute Gasteiger partial charge is 0.322 e. The van der Waals surface area contributed by atoms with Crippen molar-refractivity contribution in [2.75, 3.05) is 5.32 Å². The Morgan fingerprint density at radius 3 is 2.90 bits per heavy atom. The lowest BCUT2D eigenvalue weighted by Gasteiger charge is -2.04. The minimum atomic E-state index is -0.144. The van der Waals surface area contributed by atoms with Crippen molar-refractivity contribution in [3.63, 3.8) is 0 Å². The maximum atomic E-state index is 11.7. The number of thiazole rings is 1. The van der Waals surface area contributed by atoms with Gasteiger partial charge in [0.25, 0.3) is 0 Å². The van der Waals surface area contributed by atoms with Crippen LogP contribution in [0.3, 0.4) is 0 Å². The van der Waals surface area contributed by atoms with Gasteiger partial charge in [-0.3, -0.25) is 4.79 Å². The van der Waals surface area contributed by atoms with Crippen molar-refractivity contribution in [3.8, 4) is 11.3 Å². The molecule has 1 N–H and O–H groups in total. The summed E-state index contributed by atoms with van der Waals surface area (Å²) < 4.78 is 0. The number of aromatic nitrogens is 1. The summed E-state index contributed by atoms with van der Waals surface area (Å²) in [5.41, 5.74) is 2.71. The van der Waals surface area contributed by atoms with E-state index >= 15 is 0 Å². The highest BCUT2D eigenvalue weighted by Crippen LogP contribution is 2.24. The van der Waals surface area contributed by atoms with E-state index in [4.69, 9.17) is 0 Å². The van der Waals surface area contributed by atoms with Gasteiger partial charge in [0.1, 0.15) is 0 Å². The molecule has 0 bridgehead atoms. The highest BCUT2D eigenvalue weighted by molar-refractivity contribution is 7.09. The smallest absolute Gasteiger partial charge is 0.248 e. The lowest BCUT2D eigenvalue weighted by molar-refractivity contribution is -0.111. The summed E-state index contributed by atoms with van der Waals surface area (Å²) in [5.74, 6) is -0.144. The van der Waals surface area contributed by atoms with Crippen LogP contribution in [-0.4, -0.2) is 10.9 Å². The number of hydrogen-bond acceptors (Lipinski definition) is 3. The van der Waals surface area contributed by atoms with Crippen LogP contribution in [0.1, 0.15) is 11.9 Å². The second kappa shape index (κ2) is 6.82. The molecule has 0 radical (unpaired) electrons. The lowest BCUT2D eigenvalue weighted by atomic mass is 10.1. The zero-order valence-electron chi connectivity index (χ0n) is 11.5. The Morgan fingerprint density at radius 2 is 2.20 bits per heavy atom. The summed E-state index contributed by atoms with van der Waals surface area (Å²) in [4.78, 5) is 16.1. The average molecular weight is 284 g/mol. The van der Waals surface area contributed by atoms with Crippen LogP contribution in [0.4, 0.5) is 5.69 Å². The van der Waals surface area contributed by atoms with E-state index in [2.05, 4.69) is 10.3 Å². The number of aryl methyl sites for hydroxylation is 1. The number of amides is 1. The van der Waals surface area contributed by atoms with Gasteiger partial charge in [-0.1, -0.05) is 30.4 Å². The molecule has 102 valence electrons. The average Bonchev–Trinajstić information content (AvgIpc) is 2.86. The molecule has 0 aliphatic carbocycles. The molecule has 0 aliphatic rings. The summed E-state index contributed by atoms with van der Waals surface area (Å²) in [5, 5.41) is 5.88. The lowest BCUT2D eigenvalue weighted by Crippen LogP contribution is -2.07. The zero-order chi connectivity index (χ0) is 14.4. The molecule has 0 spiro atoms. The third-order valence-electron chi connectivity index (χ3n) is 2.60. The van der Waals surface area contributed by atoms with E-state index in [9.17, 15) is 4.79 Å². The second-order valence-corrected chi connectivity index (χ2v) is 5.27. The van der Waals surface area contributed by atoms with Crippen molar-refractivity contribution in [2.45, 2.75) is 13.8 Å². The fraction of sp³-hybridized carbons (Fsp3) is 0.125. The number of carbonyl (C=O) groups is 1. The minimum Gasteiger partial charge on any atom is -0.322 e. The molecule has 0 saturated carbocycles. The molecule has 0 saturated heterocycles. The summed E-state index contributed by atoms with van der Waals surface area (Å²) in [6, 6.07) is 7.69. The normalized spacial score (nSPS) is 11.3. The monoisotopic (exact) mass is 284 g/mol. The summed E-state index contributed by atoms with van der Waals surface area (Å²) in [6.45, 7) is 3.88. The maximum Gasteiger partial charge on any atom is 0.248 e. The van der Waals surface area contributed by atoms with Crippen LogP contribution < -0.4 is 5.32 Å². The predicted molar refractivity (Wildman–Crippen MR) is 84.9 cm³/mol.